The number of carbonyl (C=O) groups is 7. The summed E-state index contributed by atoms with van der Waals surface area (Å²) in [5.41, 5.74) is 11.2. The third-order valence-electron chi connectivity index (χ3n) is 13.6. The van der Waals surface area contributed by atoms with Gasteiger partial charge in [-0.05, 0) is 63.2 Å². The van der Waals surface area contributed by atoms with Crippen LogP contribution in [0, 0.1) is 23.7 Å². The van der Waals surface area contributed by atoms with Crippen LogP contribution >= 0.6 is 0 Å². The molecule has 3 unspecified atom stereocenters. The lowest BCUT2D eigenvalue weighted by Crippen LogP contribution is -2.59. The summed E-state index contributed by atoms with van der Waals surface area (Å²) in [7, 11) is 0. The Bertz CT molecular complexity index is 1610. The Morgan fingerprint density at radius 3 is 1.07 bits per heavy atom. The average molecular weight is 1030 g/mol. The summed E-state index contributed by atoms with van der Waals surface area (Å²) in [6.07, 6.45) is 23.8. The normalized spacial score (nSPS) is 19.9. The van der Waals surface area contributed by atoms with E-state index in [0.29, 0.717) is 25.7 Å². The third kappa shape index (κ3) is 31.1. The van der Waals surface area contributed by atoms with Gasteiger partial charge < -0.3 is 47.5 Å². The fourth-order valence-electron chi connectivity index (χ4n) is 9.21. The smallest absolute Gasteiger partial charge is 0.309 e. The minimum absolute atomic E-state index is 0.0376. The molecule has 17 nitrogen and oxygen atoms in total. The van der Waals surface area contributed by atoms with Gasteiger partial charge in [-0.3, -0.25) is 38.6 Å². The van der Waals surface area contributed by atoms with E-state index in [0.717, 1.165) is 116 Å². The van der Waals surface area contributed by atoms with Crippen molar-refractivity contribution in [1.29, 1.82) is 0 Å². The Labute approximate surface area is 440 Å². The maximum absolute atomic E-state index is 14.5. The Hall–Kier alpha value is -4.44. The second-order valence-corrected chi connectivity index (χ2v) is 21.5. The second kappa shape index (κ2) is 40.9. The van der Waals surface area contributed by atoms with E-state index in [1.54, 1.807) is 0 Å². The van der Waals surface area contributed by atoms with Crippen LogP contribution in [0.2, 0.25) is 0 Å². The van der Waals surface area contributed by atoms with Crippen LogP contribution in [-0.4, -0.2) is 97.4 Å². The number of nitrogens with zero attached hydrogens (tertiary/aromatic N) is 1. The number of esters is 2. The fraction of sp³-hybridized carbons (Fsp3) is 0.857. The highest BCUT2D eigenvalue weighted by Crippen LogP contribution is 2.23. The molecule has 0 aromatic carbocycles. The number of guanidine groups is 1. The predicted octanol–water partition coefficient (Wildman–Crippen LogP) is 8.33. The van der Waals surface area contributed by atoms with E-state index in [9.17, 15) is 33.6 Å². The first-order valence-electron chi connectivity index (χ1n) is 28.9. The highest BCUT2D eigenvalue weighted by atomic mass is 16.5. The molecule has 5 amide bonds. The largest absolute Gasteiger partial charge is 0.463 e. The van der Waals surface area contributed by atoms with Crippen LogP contribution in [0.5, 0.6) is 0 Å². The molecule has 0 radical (unpaired) electrons. The number of carbonyl (C=O) groups excluding carboxylic acids is 7. The van der Waals surface area contributed by atoms with Crippen molar-refractivity contribution in [2.24, 2.45) is 40.1 Å². The molecule has 422 valence electrons. The molecule has 1 heterocycles. The molecule has 7 atom stereocenters. The lowest BCUT2D eigenvalue weighted by Gasteiger charge is -2.27. The van der Waals surface area contributed by atoms with Crippen LogP contribution in [0.25, 0.3) is 0 Å². The van der Waals surface area contributed by atoms with Crippen LogP contribution in [0.1, 0.15) is 235 Å². The quantitative estimate of drug-likeness (QED) is 0.0134. The first-order chi connectivity index (χ1) is 35.0. The lowest BCUT2D eigenvalue weighted by atomic mass is 9.94. The fourth-order valence-corrected chi connectivity index (χ4v) is 9.21. The van der Waals surface area contributed by atoms with Crippen molar-refractivity contribution in [3.8, 4) is 0 Å². The standard InChI is InChI=1S/C56H104N8O9/c1-9-13-17-21-23-27-32-42(30-25-19-15-11-3)54(70)72-38-47-52(68)60-44(34-29-35-59-56(57)58)49(65)61-45(36-40(5)6)50(66)64-48(53(69)62-46(37-41(7)8)51(67)63-47)39-73-55(71)43(31-26-20-16-12-4)33-28-24-22-18-14-10-2/h40-48H,9-39H2,1-8H3,(H,60,68)(H,61,65)(H,62,69)(H,63,67)(H,64,66)(H4,57,58,59)/t42?,43?,44-,45?,46-,47-,48-/m0/s1. The molecule has 1 aliphatic rings. The molecule has 1 rings (SSSR count). The van der Waals surface area contributed by atoms with Gasteiger partial charge in [0, 0.05) is 6.54 Å². The Kier molecular flexibility index (Phi) is 37.3. The topological polar surface area (TPSA) is 262 Å². The van der Waals surface area contributed by atoms with Gasteiger partial charge in [-0.2, -0.15) is 0 Å². The van der Waals surface area contributed by atoms with Gasteiger partial charge in [-0.25, -0.2) is 0 Å². The first kappa shape index (κ1) is 66.6. The maximum atomic E-state index is 14.5. The highest BCUT2D eigenvalue weighted by molar-refractivity contribution is 5.98. The van der Waals surface area contributed by atoms with Crippen molar-refractivity contribution in [1.82, 2.24) is 26.6 Å². The second-order valence-electron chi connectivity index (χ2n) is 21.5. The van der Waals surface area contributed by atoms with Crippen LogP contribution in [-0.2, 0) is 43.0 Å². The summed E-state index contributed by atoms with van der Waals surface area (Å²) in [6, 6.07) is -6.56. The molecule has 17 heteroatoms. The number of unbranched alkanes of at least 4 members (excludes halogenated alkanes) is 16. The number of rotatable bonds is 38. The number of nitrogens with one attached hydrogen (secondary N) is 5. The minimum atomic E-state index is -1.47. The van der Waals surface area contributed by atoms with Gasteiger partial charge in [0.2, 0.25) is 29.5 Å². The van der Waals surface area contributed by atoms with Gasteiger partial charge in [0.05, 0.1) is 11.8 Å². The van der Waals surface area contributed by atoms with E-state index in [1.807, 2.05) is 27.7 Å². The molecule has 1 fully saturated rings. The monoisotopic (exact) mass is 1030 g/mol. The van der Waals surface area contributed by atoms with Crippen molar-refractivity contribution in [2.75, 3.05) is 19.8 Å². The molecule has 0 aromatic rings. The highest BCUT2D eigenvalue weighted by Gasteiger charge is 2.36. The van der Waals surface area contributed by atoms with E-state index >= 15 is 0 Å². The number of amides is 5. The zero-order valence-corrected chi connectivity index (χ0v) is 46.9. The number of ether oxygens (including phenoxy) is 2. The summed E-state index contributed by atoms with van der Waals surface area (Å²) in [5, 5.41) is 13.9. The van der Waals surface area contributed by atoms with E-state index in [-0.39, 0.29) is 55.9 Å². The van der Waals surface area contributed by atoms with Crippen LogP contribution in [0.4, 0.5) is 0 Å². The SMILES string of the molecule is CCCCCCCCC(CCCCCC)C(=O)OC[C@@H]1NC(=O)C(CC(C)C)NC(=O)[C@H](CCCN=C(N)N)NC(=O)[C@H](COC(=O)C(CCCCCC)CCCCCCCC)NC(=O)[C@H](CC(C)C)NC1=O. The number of hydrogen-bond donors (Lipinski definition) is 7. The molecule has 0 aliphatic carbocycles. The molecule has 1 saturated heterocycles. The minimum Gasteiger partial charge on any atom is -0.463 e. The molecule has 0 bridgehead atoms. The van der Waals surface area contributed by atoms with Crippen molar-refractivity contribution in [3.63, 3.8) is 0 Å². The predicted molar refractivity (Wildman–Crippen MR) is 291 cm³/mol. The summed E-state index contributed by atoms with van der Waals surface area (Å²) in [4.78, 5) is 104. The number of nitrogens with two attached hydrogens (primary N) is 2. The van der Waals surface area contributed by atoms with Crippen LogP contribution in [0.3, 0.4) is 0 Å². The molecule has 73 heavy (non-hydrogen) atoms. The number of aliphatic imine (C=N–C) groups is 1. The summed E-state index contributed by atoms with van der Waals surface area (Å²) < 4.78 is 11.9. The average Bonchev–Trinajstić information content (AvgIpc) is 3.34. The Balaban J connectivity index is 3.74. The van der Waals surface area contributed by atoms with Gasteiger partial charge in [0.15, 0.2) is 5.96 Å². The molecule has 0 saturated carbocycles. The third-order valence-corrected chi connectivity index (χ3v) is 13.6. The van der Waals surface area contributed by atoms with E-state index in [1.165, 1.54) is 12.8 Å². The van der Waals surface area contributed by atoms with Gasteiger partial charge in [-0.1, -0.05) is 184 Å². The Morgan fingerprint density at radius 1 is 0.438 bits per heavy atom. The maximum Gasteiger partial charge on any atom is 0.309 e. The zero-order valence-electron chi connectivity index (χ0n) is 46.9. The van der Waals surface area contributed by atoms with E-state index in [2.05, 4.69) is 59.3 Å². The van der Waals surface area contributed by atoms with Gasteiger partial charge in [-0.15, -0.1) is 0 Å². The molecular weight excluding hydrogens is 929 g/mol. The zero-order chi connectivity index (χ0) is 54.4. The molecule has 0 aromatic heterocycles. The number of hydrogen-bond acceptors (Lipinski definition) is 10. The van der Waals surface area contributed by atoms with Gasteiger partial charge in [0.1, 0.15) is 43.4 Å². The van der Waals surface area contributed by atoms with Crippen molar-refractivity contribution in [2.45, 2.75) is 265 Å². The van der Waals surface area contributed by atoms with E-state index < -0.39 is 90.8 Å². The van der Waals surface area contributed by atoms with Crippen molar-refractivity contribution in [3.05, 3.63) is 0 Å². The van der Waals surface area contributed by atoms with E-state index in [4.69, 9.17) is 20.9 Å². The molecular formula is C56H104N8O9. The van der Waals surface area contributed by atoms with Crippen molar-refractivity contribution >= 4 is 47.4 Å². The molecule has 1 aliphatic heterocycles. The summed E-state index contributed by atoms with van der Waals surface area (Å²) >= 11 is 0. The van der Waals surface area contributed by atoms with Crippen molar-refractivity contribution < 1.29 is 43.0 Å². The lowest BCUT2D eigenvalue weighted by molar-refractivity contribution is -0.152. The first-order valence-corrected chi connectivity index (χ1v) is 28.9. The Morgan fingerprint density at radius 2 is 0.726 bits per heavy atom. The van der Waals surface area contributed by atoms with Gasteiger partial charge >= 0.3 is 11.9 Å². The van der Waals surface area contributed by atoms with Gasteiger partial charge in [0.25, 0.3) is 0 Å². The summed E-state index contributed by atoms with van der Waals surface area (Å²) in [6.45, 7) is 15.2. The molecule has 9 N–H and O–H groups in total. The van der Waals surface area contributed by atoms with Crippen LogP contribution < -0.4 is 38.1 Å². The molecule has 0 spiro atoms. The van der Waals surface area contributed by atoms with Crippen LogP contribution in [0.15, 0.2) is 4.99 Å². The summed E-state index contributed by atoms with van der Waals surface area (Å²) in [5.74, 6) is -5.82.